The molecular weight excluding hydrogens is 250 g/mol. The van der Waals surface area contributed by atoms with E-state index in [0.717, 1.165) is 12.8 Å². The zero-order valence-corrected chi connectivity index (χ0v) is 11.7. The van der Waals surface area contributed by atoms with Gasteiger partial charge in [0.15, 0.2) is 0 Å². The predicted molar refractivity (Wildman–Crippen MR) is 73.9 cm³/mol. The molecular formula is C12H21N3O2S. The molecule has 1 fully saturated rings. The van der Waals surface area contributed by atoms with Gasteiger partial charge in [-0.15, -0.1) is 0 Å². The lowest BCUT2D eigenvalue weighted by Gasteiger charge is -2.25. The summed E-state index contributed by atoms with van der Waals surface area (Å²) in [5, 5.41) is 5.53. The van der Waals surface area contributed by atoms with Crippen molar-refractivity contribution in [2.45, 2.75) is 33.1 Å². The van der Waals surface area contributed by atoms with Gasteiger partial charge in [0.2, 0.25) is 11.8 Å². The van der Waals surface area contributed by atoms with E-state index in [2.05, 4.69) is 10.6 Å². The Morgan fingerprint density at radius 3 is 2.33 bits per heavy atom. The largest absolute Gasteiger partial charge is 0.392 e. The minimum Gasteiger partial charge on any atom is -0.392 e. The first kappa shape index (κ1) is 14.9. The van der Waals surface area contributed by atoms with Crippen LogP contribution in [0, 0.1) is 11.3 Å². The third-order valence-corrected chi connectivity index (χ3v) is 3.86. The SMILES string of the molecule is CCC(C)(C(=O)NCCNC(=O)C1CC1)C(N)=S. The van der Waals surface area contributed by atoms with Crippen LogP contribution in [0.15, 0.2) is 0 Å². The van der Waals surface area contributed by atoms with Gasteiger partial charge in [0, 0.05) is 19.0 Å². The van der Waals surface area contributed by atoms with Gasteiger partial charge in [-0.2, -0.15) is 0 Å². The Hall–Kier alpha value is -1.17. The molecule has 6 heteroatoms. The van der Waals surface area contributed by atoms with E-state index < -0.39 is 5.41 Å². The molecule has 1 saturated carbocycles. The molecule has 0 spiro atoms. The van der Waals surface area contributed by atoms with Gasteiger partial charge in [-0.1, -0.05) is 19.1 Å². The van der Waals surface area contributed by atoms with Gasteiger partial charge >= 0.3 is 0 Å². The monoisotopic (exact) mass is 271 g/mol. The summed E-state index contributed by atoms with van der Waals surface area (Å²) >= 11 is 4.92. The van der Waals surface area contributed by atoms with Crippen molar-refractivity contribution >= 4 is 29.0 Å². The Kier molecular flexibility index (Phi) is 5.07. The summed E-state index contributed by atoms with van der Waals surface area (Å²) in [5.41, 5.74) is 4.77. The van der Waals surface area contributed by atoms with Gasteiger partial charge in [-0.05, 0) is 26.2 Å². The number of carbonyl (C=O) groups is 2. The number of amides is 2. The fourth-order valence-corrected chi connectivity index (χ4v) is 1.73. The summed E-state index contributed by atoms with van der Waals surface area (Å²) < 4.78 is 0. The third kappa shape index (κ3) is 3.66. The first-order chi connectivity index (χ1) is 8.41. The highest BCUT2D eigenvalue weighted by atomic mass is 32.1. The van der Waals surface area contributed by atoms with Crippen molar-refractivity contribution < 1.29 is 9.59 Å². The summed E-state index contributed by atoms with van der Waals surface area (Å²) in [7, 11) is 0. The van der Waals surface area contributed by atoms with Gasteiger partial charge in [-0.25, -0.2) is 0 Å². The van der Waals surface area contributed by atoms with Crippen LogP contribution in [0.2, 0.25) is 0 Å². The summed E-state index contributed by atoms with van der Waals surface area (Å²) in [4.78, 5) is 23.5. The van der Waals surface area contributed by atoms with E-state index in [4.69, 9.17) is 18.0 Å². The summed E-state index contributed by atoms with van der Waals surface area (Å²) in [6.45, 7) is 4.44. The zero-order chi connectivity index (χ0) is 13.8. The molecule has 1 aliphatic carbocycles. The van der Waals surface area contributed by atoms with Crippen LogP contribution in [0.4, 0.5) is 0 Å². The maximum Gasteiger partial charge on any atom is 0.232 e. The number of hydrogen-bond acceptors (Lipinski definition) is 3. The number of rotatable bonds is 7. The normalized spacial score (nSPS) is 17.7. The van der Waals surface area contributed by atoms with Crippen molar-refractivity contribution in [3.05, 3.63) is 0 Å². The molecule has 1 aliphatic rings. The average molecular weight is 271 g/mol. The zero-order valence-electron chi connectivity index (χ0n) is 10.9. The van der Waals surface area contributed by atoms with Gasteiger partial charge in [-0.3, -0.25) is 9.59 Å². The quantitative estimate of drug-likeness (QED) is 0.460. The molecule has 0 heterocycles. The molecule has 0 aromatic rings. The van der Waals surface area contributed by atoms with Crippen LogP contribution >= 0.6 is 12.2 Å². The second-order valence-electron chi connectivity index (χ2n) is 4.87. The molecule has 1 rings (SSSR count). The van der Waals surface area contributed by atoms with Crippen LogP contribution in [-0.4, -0.2) is 29.9 Å². The Bertz CT molecular complexity index is 355. The van der Waals surface area contributed by atoms with Crippen LogP contribution < -0.4 is 16.4 Å². The van der Waals surface area contributed by atoms with Crippen molar-refractivity contribution in [1.29, 1.82) is 0 Å². The minimum absolute atomic E-state index is 0.0804. The number of nitrogens with one attached hydrogen (secondary N) is 2. The second-order valence-corrected chi connectivity index (χ2v) is 5.31. The van der Waals surface area contributed by atoms with Gasteiger partial charge < -0.3 is 16.4 Å². The van der Waals surface area contributed by atoms with Gasteiger partial charge in [0.05, 0.1) is 10.4 Å². The van der Waals surface area contributed by atoms with Crippen molar-refractivity contribution in [3.8, 4) is 0 Å². The van der Waals surface area contributed by atoms with Crippen LogP contribution in [0.1, 0.15) is 33.1 Å². The molecule has 0 radical (unpaired) electrons. The summed E-state index contributed by atoms with van der Waals surface area (Å²) in [6.07, 6.45) is 2.52. The van der Waals surface area contributed by atoms with E-state index in [9.17, 15) is 9.59 Å². The molecule has 2 amide bonds. The summed E-state index contributed by atoms with van der Waals surface area (Å²) in [5.74, 6) is 0.0910. The van der Waals surface area contributed by atoms with Crippen LogP contribution in [0.5, 0.6) is 0 Å². The van der Waals surface area contributed by atoms with Gasteiger partial charge in [0.1, 0.15) is 0 Å². The Balaban J connectivity index is 2.27. The molecule has 5 nitrogen and oxygen atoms in total. The van der Waals surface area contributed by atoms with Crippen molar-refractivity contribution in [3.63, 3.8) is 0 Å². The van der Waals surface area contributed by atoms with E-state index in [1.54, 1.807) is 6.92 Å². The Morgan fingerprint density at radius 1 is 1.33 bits per heavy atom. The minimum atomic E-state index is -0.810. The molecule has 102 valence electrons. The van der Waals surface area contributed by atoms with Crippen LogP contribution in [-0.2, 0) is 9.59 Å². The lowest BCUT2D eigenvalue weighted by atomic mass is 9.86. The highest BCUT2D eigenvalue weighted by Crippen LogP contribution is 2.28. The molecule has 1 atom stereocenters. The lowest BCUT2D eigenvalue weighted by molar-refractivity contribution is -0.127. The van der Waals surface area contributed by atoms with Crippen molar-refractivity contribution in [2.75, 3.05) is 13.1 Å². The average Bonchev–Trinajstić information content (AvgIpc) is 3.16. The molecule has 18 heavy (non-hydrogen) atoms. The van der Waals surface area contributed by atoms with Crippen molar-refractivity contribution in [2.24, 2.45) is 17.1 Å². The number of hydrogen-bond donors (Lipinski definition) is 3. The molecule has 0 aliphatic heterocycles. The van der Waals surface area contributed by atoms with E-state index >= 15 is 0 Å². The maximum atomic E-state index is 11.9. The smallest absolute Gasteiger partial charge is 0.232 e. The fraction of sp³-hybridized carbons (Fsp3) is 0.750. The molecule has 0 aromatic heterocycles. The Morgan fingerprint density at radius 2 is 1.89 bits per heavy atom. The van der Waals surface area contributed by atoms with Crippen molar-refractivity contribution in [1.82, 2.24) is 10.6 Å². The predicted octanol–water partition coefficient (Wildman–Crippen LogP) is 0.331. The fourth-order valence-electron chi connectivity index (χ4n) is 1.49. The summed E-state index contributed by atoms with van der Waals surface area (Å²) in [6, 6.07) is 0. The second kappa shape index (κ2) is 6.13. The van der Waals surface area contributed by atoms with E-state index in [0.29, 0.717) is 19.5 Å². The van der Waals surface area contributed by atoms with Crippen LogP contribution in [0.3, 0.4) is 0 Å². The standard InChI is InChI=1S/C12H21N3O2S/c1-3-12(2,10(13)18)11(17)15-7-6-14-9(16)8-4-5-8/h8H,3-7H2,1-2H3,(H2,13,18)(H,14,16)(H,15,17). The molecule has 1 unspecified atom stereocenters. The molecule has 0 aromatic carbocycles. The number of carbonyl (C=O) groups excluding carboxylic acids is 2. The lowest BCUT2D eigenvalue weighted by Crippen LogP contribution is -2.48. The number of thiocarbonyl (C=S) groups is 1. The first-order valence-corrected chi connectivity index (χ1v) is 6.68. The van der Waals surface area contributed by atoms with E-state index in [-0.39, 0.29) is 22.7 Å². The molecule has 0 bridgehead atoms. The highest BCUT2D eigenvalue weighted by molar-refractivity contribution is 7.80. The third-order valence-electron chi connectivity index (χ3n) is 3.41. The maximum absolute atomic E-state index is 11.9. The first-order valence-electron chi connectivity index (χ1n) is 6.27. The number of nitrogens with two attached hydrogens (primary N) is 1. The topological polar surface area (TPSA) is 84.2 Å². The Labute approximate surface area is 113 Å². The van der Waals surface area contributed by atoms with Crippen LogP contribution in [0.25, 0.3) is 0 Å². The van der Waals surface area contributed by atoms with Gasteiger partial charge in [0.25, 0.3) is 0 Å². The van der Waals surface area contributed by atoms with E-state index in [1.807, 2.05) is 6.92 Å². The molecule has 0 saturated heterocycles. The molecule has 4 N–H and O–H groups in total. The highest BCUT2D eigenvalue weighted by Gasteiger charge is 2.34. The van der Waals surface area contributed by atoms with E-state index in [1.165, 1.54) is 0 Å².